The van der Waals surface area contributed by atoms with Crippen molar-refractivity contribution in [2.45, 2.75) is 19.4 Å². The average Bonchev–Trinajstić information content (AvgIpc) is 3.36. The van der Waals surface area contributed by atoms with Crippen LogP contribution in [0.5, 0.6) is 5.75 Å². The van der Waals surface area contributed by atoms with E-state index >= 15 is 0 Å². The summed E-state index contributed by atoms with van der Waals surface area (Å²) in [6.07, 6.45) is 0.841. The lowest BCUT2D eigenvalue weighted by atomic mass is 10.0. The van der Waals surface area contributed by atoms with Crippen LogP contribution in [0.2, 0.25) is 0 Å². The van der Waals surface area contributed by atoms with Crippen molar-refractivity contribution in [1.29, 1.82) is 0 Å². The molecule has 0 bridgehead atoms. The van der Waals surface area contributed by atoms with Gasteiger partial charge in [-0.3, -0.25) is 4.79 Å². The monoisotopic (exact) mass is 488 g/mol. The third-order valence-electron chi connectivity index (χ3n) is 6.64. The summed E-state index contributed by atoms with van der Waals surface area (Å²) in [5.74, 6) is 2.02. The van der Waals surface area contributed by atoms with Gasteiger partial charge in [-0.1, -0.05) is 43.3 Å². The number of phenols is 1. The Kier molecular flexibility index (Phi) is 6.77. The number of hydrogen-bond acceptors (Lipinski definition) is 9. The Morgan fingerprint density at radius 1 is 1.00 bits per heavy atom. The molecular formula is C26H32N8O2. The van der Waals surface area contributed by atoms with Crippen molar-refractivity contribution in [3.63, 3.8) is 0 Å². The van der Waals surface area contributed by atoms with Gasteiger partial charge in [-0.2, -0.15) is 0 Å². The molecule has 1 saturated heterocycles. The summed E-state index contributed by atoms with van der Waals surface area (Å²) in [5.41, 5.74) is 1.80. The molecule has 0 spiro atoms. The second kappa shape index (κ2) is 10.3. The lowest BCUT2D eigenvalue weighted by Crippen LogP contribution is -2.47. The van der Waals surface area contributed by atoms with Crippen LogP contribution in [0.1, 0.15) is 35.3 Å². The van der Waals surface area contributed by atoms with Gasteiger partial charge < -0.3 is 36.2 Å². The molecule has 2 aliphatic rings. The maximum atomic E-state index is 13.2. The number of piperazine rings is 1. The highest BCUT2D eigenvalue weighted by atomic mass is 16.3. The van der Waals surface area contributed by atoms with Crippen LogP contribution >= 0.6 is 0 Å². The molecule has 3 aromatic rings. The van der Waals surface area contributed by atoms with Crippen molar-refractivity contribution in [3.05, 3.63) is 59.7 Å². The number of aromatic nitrogens is 2. The number of nitrogens with one attached hydrogen (secondary N) is 4. The van der Waals surface area contributed by atoms with Crippen LogP contribution in [-0.4, -0.2) is 70.7 Å². The van der Waals surface area contributed by atoms with Gasteiger partial charge in [0.25, 0.3) is 5.91 Å². The Balaban J connectivity index is 1.44. The first-order valence-electron chi connectivity index (χ1n) is 12.3. The van der Waals surface area contributed by atoms with Gasteiger partial charge >= 0.3 is 0 Å². The van der Waals surface area contributed by atoms with Crippen LogP contribution in [0, 0.1) is 0 Å². The van der Waals surface area contributed by atoms with Gasteiger partial charge in [0.2, 0.25) is 0 Å². The summed E-state index contributed by atoms with van der Waals surface area (Å²) >= 11 is 0. The Morgan fingerprint density at radius 3 is 2.39 bits per heavy atom. The van der Waals surface area contributed by atoms with Crippen LogP contribution in [0.25, 0.3) is 0 Å². The molecule has 0 unspecified atom stereocenters. The first-order valence-corrected chi connectivity index (χ1v) is 12.3. The number of nitrogens with zero attached hydrogens (tertiary/aromatic N) is 4. The summed E-state index contributed by atoms with van der Waals surface area (Å²) in [7, 11) is 2.04. The number of carbonyl (C=O) groups excluding carboxylic acids is 1. The van der Waals surface area contributed by atoms with Gasteiger partial charge in [0.05, 0.1) is 24.0 Å². The Morgan fingerprint density at radius 2 is 1.69 bits per heavy atom. The lowest BCUT2D eigenvalue weighted by molar-refractivity contribution is 0.0661. The zero-order valence-electron chi connectivity index (χ0n) is 20.6. The fourth-order valence-electron chi connectivity index (χ4n) is 4.48. The first kappa shape index (κ1) is 23.7. The van der Waals surface area contributed by atoms with E-state index in [0.717, 1.165) is 25.1 Å². The number of aromatic hydroxyl groups is 1. The van der Waals surface area contributed by atoms with Crippen molar-refractivity contribution >= 4 is 34.9 Å². The quantitative estimate of drug-likeness (QED) is 0.318. The molecule has 1 atom stereocenters. The van der Waals surface area contributed by atoms with Crippen LogP contribution in [0.3, 0.4) is 0 Å². The minimum atomic E-state index is -0.177. The number of amides is 1. The number of hydrogen-bond donors (Lipinski definition) is 5. The molecule has 5 N–H and O–H groups in total. The Hall–Kier alpha value is -4.05. The average molecular weight is 489 g/mol. The molecule has 3 heterocycles. The predicted molar refractivity (Wildman–Crippen MR) is 142 cm³/mol. The number of phenolic OH excluding ortho intramolecular Hbond substituents is 1. The number of rotatable bonds is 7. The molecule has 2 aromatic carbocycles. The number of likely N-dealkylation sites (N-methyl/N-ethyl adjacent to an activating group) is 1. The van der Waals surface area contributed by atoms with Crippen molar-refractivity contribution in [3.8, 4) is 5.75 Å². The lowest BCUT2D eigenvalue weighted by Gasteiger charge is -2.32. The maximum absolute atomic E-state index is 13.2. The SMILES string of the molecule is CC[C@@H](Nc1nc2c(nc1Nc1cccc(C(=O)N3CCN(C)CC3)c1O)NCN2)c1ccccc1. The van der Waals surface area contributed by atoms with Gasteiger partial charge in [0.15, 0.2) is 29.0 Å². The van der Waals surface area contributed by atoms with Gasteiger partial charge in [-0.05, 0) is 31.2 Å². The molecule has 0 aliphatic carbocycles. The molecule has 1 fully saturated rings. The minimum absolute atomic E-state index is 0.0206. The van der Waals surface area contributed by atoms with E-state index in [9.17, 15) is 9.90 Å². The molecule has 5 rings (SSSR count). The van der Waals surface area contributed by atoms with Crippen molar-refractivity contribution in [1.82, 2.24) is 19.8 Å². The molecule has 10 nitrogen and oxygen atoms in total. The molecule has 10 heteroatoms. The highest BCUT2D eigenvalue weighted by Crippen LogP contribution is 2.36. The Bertz CT molecular complexity index is 1230. The Labute approximate surface area is 210 Å². The molecular weight excluding hydrogens is 456 g/mol. The molecule has 1 amide bonds. The van der Waals surface area contributed by atoms with Crippen LogP contribution in [0.15, 0.2) is 48.5 Å². The van der Waals surface area contributed by atoms with E-state index in [0.29, 0.717) is 48.7 Å². The van der Waals surface area contributed by atoms with E-state index in [1.807, 2.05) is 25.2 Å². The standard InChI is InChI=1S/C26H32N8O2/c1-3-19(17-8-5-4-6-9-17)29-24-25(32-23-22(31-24)27-16-28-23)30-20-11-7-10-18(21(20)35)26(36)34-14-12-33(2)13-15-34/h4-11,19,35H,3,12-16H2,1-2H3,(H2,27,29,31)(H2,28,30,32)/t19-/m1/s1. The van der Waals surface area contributed by atoms with Crippen LogP contribution in [0.4, 0.5) is 29.0 Å². The topological polar surface area (TPSA) is 118 Å². The van der Waals surface area contributed by atoms with E-state index in [1.165, 1.54) is 0 Å². The highest BCUT2D eigenvalue weighted by molar-refractivity contribution is 5.99. The maximum Gasteiger partial charge on any atom is 0.257 e. The smallest absolute Gasteiger partial charge is 0.257 e. The number of para-hydroxylation sites is 1. The minimum Gasteiger partial charge on any atom is -0.505 e. The zero-order valence-corrected chi connectivity index (χ0v) is 20.6. The second-order valence-electron chi connectivity index (χ2n) is 9.09. The van der Waals surface area contributed by atoms with E-state index in [-0.39, 0.29) is 23.3 Å². The number of carbonyl (C=O) groups is 1. The molecule has 2 aliphatic heterocycles. The number of anilines is 5. The summed E-state index contributed by atoms with van der Waals surface area (Å²) < 4.78 is 0. The summed E-state index contributed by atoms with van der Waals surface area (Å²) in [6, 6.07) is 15.3. The predicted octanol–water partition coefficient (Wildman–Crippen LogP) is 3.67. The first-order chi connectivity index (χ1) is 17.5. The summed E-state index contributed by atoms with van der Waals surface area (Å²) in [6.45, 7) is 5.53. The van der Waals surface area contributed by atoms with Gasteiger partial charge in [-0.15, -0.1) is 0 Å². The summed E-state index contributed by atoms with van der Waals surface area (Å²) in [4.78, 5) is 26.6. The summed E-state index contributed by atoms with van der Waals surface area (Å²) in [5, 5.41) is 24.2. The fourth-order valence-corrected chi connectivity index (χ4v) is 4.48. The van der Waals surface area contributed by atoms with E-state index < -0.39 is 0 Å². The molecule has 0 saturated carbocycles. The van der Waals surface area contributed by atoms with E-state index in [2.05, 4.69) is 45.2 Å². The van der Waals surface area contributed by atoms with Crippen molar-refractivity contribution in [2.24, 2.45) is 0 Å². The largest absolute Gasteiger partial charge is 0.505 e. The van der Waals surface area contributed by atoms with Gasteiger partial charge in [0, 0.05) is 26.2 Å². The van der Waals surface area contributed by atoms with Crippen LogP contribution < -0.4 is 21.3 Å². The van der Waals surface area contributed by atoms with E-state index in [1.54, 1.807) is 23.1 Å². The van der Waals surface area contributed by atoms with Crippen molar-refractivity contribution < 1.29 is 9.90 Å². The van der Waals surface area contributed by atoms with Gasteiger partial charge in [0.1, 0.15) is 0 Å². The van der Waals surface area contributed by atoms with Crippen molar-refractivity contribution in [2.75, 3.05) is 61.2 Å². The molecule has 188 valence electrons. The third kappa shape index (κ3) is 4.85. The third-order valence-corrected chi connectivity index (χ3v) is 6.64. The molecule has 36 heavy (non-hydrogen) atoms. The normalized spacial score (nSPS) is 16.0. The second-order valence-corrected chi connectivity index (χ2v) is 9.09. The fraction of sp³-hybridized carbons (Fsp3) is 0.346. The highest BCUT2D eigenvalue weighted by Gasteiger charge is 2.25. The van der Waals surface area contributed by atoms with E-state index in [4.69, 9.17) is 9.97 Å². The molecule has 0 radical (unpaired) electrons. The number of benzene rings is 2. The molecule has 1 aromatic heterocycles. The zero-order chi connectivity index (χ0) is 25.1. The van der Waals surface area contributed by atoms with Crippen LogP contribution in [-0.2, 0) is 0 Å². The number of fused-ring (bicyclic) bond motifs is 1. The van der Waals surface area contributed by atoms with Gasteiger partial charge in [-0.25, -0.2) is 9.97 Å².